The maximum absolute atomic E-state index is 10.7. The van der Waals surface area contributed by atoms with Crippen LogP contribution < -0.4 is 4.74 Å². The maximum atomic E-state index is 10.7. The van der Waals surface area contributed by atoms with Crippen LogP contribution in [0.3, 0.4) is 0 Å². The number of H-pyrrole nitrogens is 1. The molecule has 0 aliphatic heterocycles. The molecule has 2 aromatic rings. The van der Waals surface area contributed by atoms with Gasteiger partial charge >= 0.3 is 0 Å². The summed E-state index contributed by atoms with van der Waals surface area (Å²) in [6.45, 7) is 3.82. The first-order valence-corrected chi connectivity index (χ1v) is 7.65. The van der Waals surface area contributed by atoms with Crippen molar-refractivity contribution in [3.8, 4) is 5.75 Å². The van der Waals surface area contributed by atoms with Crippen molar-refractivity contribution in [1.82, 2.24) is 4.98 Å². The predicted octanol–water partition coefficient (Wildman–Crippen LogP) is 4.41. The minimum atomic E-state index is -0.760. The SMILES string of the molecule is CC(C)(CCl)C(O)C(Oc1ccc(Cl)cc1)c1ccc[nH]1. The van der Waals surface area contributed by atoms with E-state index in [1.807, 2.05) is 26.0 Å². The highest BCUT2D eigenvalue weighted by Gasteiger charge is 2.36. The van der Waals surface area contributed by atoms with Crippen LogP contribution in [0.25, 0.3) is 0 Å². The van der Waals surface area contributed by atoms with Crippen molar-refractivity contribution in [1.29, 1.82) is 0 Å². The molecule has 0 saturated carbocycles. The van der Waals surface area contributed by atoms with E-state index < -0.39 is 17.6 Å². The van der Waals surface area contributed by atoms with Crippen molar-refractivity contribution in [3.05, 3.63) is 53.3 Å². The number of benzene rings is 1. The zero-order chi connectivity index (χ0) is 15.5. The zero-order valence-corrected chi connectivity index (χ0v) is 13.5. The lowest BCUT2D eigenvalue weighted by Crippen LogP contribution is -2.38. The Bertz CT molecular complexity index is 552. The molecule has 1 aromatic carbocycles. The van der Waals surface area contributed by atoms with Crippen LogP contribution >= 0.6 is 23.2 Å². The van der Waals surface area contributed by atoms with Gasteiger partial charge < -0.3 is 14.8 Å². The van der Waals surface area contributed by atoms with E-state index in [0.29, 0.717) is 16.7 Å². The highest BCUT2D eigenvalue weighted by atomic mass is 35.5. The Kier molecular flexibility index (Phi) is 5.20. The summed E-state index contributed by atoms with van der Waals surface area (Å²) in [4.78, 5) is 3.09. The van der Waals surface area contributed by atoms with E-state index in [2.05, 4.69) is 4.98 Å². The molecule has 0 amide bonds. The molecule has 0 spiro atoms. The van der Waals surface area contributed by atoms with Gasteiger partial charge in [0.1, 0.15) is 11.9 Å². The van der Waals surface area contributed by atoms with E-state index in [0.717, 1.165) is 5.69 Å². The summed E-state index contributed by atoms with van der Waals surface area (Å²) >= 11 is 11.9. The smallest absolute Gasteiger partial charge is 0.165 e. The first-order valence-electron chi connectivity index (χ1n) is 6.73. The Morgan fingerprint density at radius 3 is 2.43 bits per heavy atom. The standard InChI is InChI=1S/C16H19Cl2NO2/c1-16(2,10-17)15(20)14(13-4-3-9-19-13)21-12-7-5-11(18)6-8-12/h3-9,14-15,19-20H,10H2,1-2H3. The summed E-state index contributed by atoms with van der Waals surface area (Å²) in [6, 6.07) is 10.8. The van der Waals surface area contributed by atoms with Gasteiger partial charge in [-0.05, 0) is 36.4 Å². The quantitative estimate of drug-likeness (QED) is 0.771. The second-order valence-corrected chi connectivity index (χ2v) is 6.39. The summed E-state index contributed by atoms with van der Waals surface area (Å²) < 4.78 is 5.97. The van der Waals surface area contributed by atoms with Gasteiger partial charge in [0.05, 0.1) is 5.69 Å². The van der Waals surface area contributed by atoms with Crippen LogP contribution in [0, 0.1) is 5.41 Å². The molecule has 2 rings (SSSR count). The Morgan fingerprint density at radius 2 is 1.90 bits per heavy atom. The molecule has 1 aromatic heterocycles. The summed E-state index contributed by atoms with van der Waals surface area (Å²) in [5.41, 5.74) is 0.319. The van der Waals surface area contributed by atoms with Gasteiger partial charge in [-0.2, -0.15) is 0 Å². The van der Waals surface area contributed by atoms with Crippen LogP contribution in [0.2, 0.25) is 5.02 Å². The molecule has 5 heteroatoms. The molecule has 0 radical (unpaired) electrons. The van der Waals surface area contributed by atoms with Gasteiger partial charge in [0.2, 0.25) is 0 Å². The summed E-state index contributed by atoms with van der Waals surface area (Å²) in [6.07, 6.45) is 0.507. The molecular weight excluding hydrogens is 309 g/mol. The average molecular weight is 328 g/mol. The second-order valence-electron chi connectivity index (χ2n) is 5.68. The summed E-state index contributed by atoms with van der Waals surface area (Å²) in [5.74, 6) is 0.971. The van der Waals surface area contributed by atoms with Gasteiger partial charge in [0.25, 0.3) is 0 Å². The number of aromatic nitrogens is 1. The Hall–Kier alpha value is -1.16. The van der Waals surface area contributed by atoms with Crippen molar-refractivity contribution in [3.63, 3.8) is 0 Å². The summed E-state index contributed by atoms with van der Waals surface area (Å²) in [5, 5.41) is 11.3. The maximum Gasteiger partial charge on any atom is 0.165 e. The Morgan fingerprint density at radius 1 is 1.24 bits per heavy atom. The minimum Gasteiger partial charge on any atom is -0.481 e. The number of halogens is 2. The molecule has 114 valence electrons. The number of aliphatic hydroxyl groups is 1. The average Bonchev–Trinajstić information content (AvgIpc) is 3.00. The lowest BCUT2D eigenvalue weighted by molar-refractivity contribution is -0.0333. The first kappa shape index (κ1) is 16.2. The highest BCUT2D eigenvalue weighted by molar-refractivity contribution is 6.30. The van der Waals surface area contributed by atoms with Crippen LogP contribution in [0.1, 0.15) is 25.6 Å². The molecular formula is C16H19Cl2NO2. The topological polar surface area (TPSA) is 45.2 Å². The third-order valence-corrected chi connectivity index (χ3v) is 4.38. The van der Waals surface area contributed by atoms with Gasteiger partial charge in [0, 0.05) is 22.5 Å². The van der Waals surface area contributed by atoms with E-state index in [9.17, 15) is 5.11 Å². The van der Waals surface area contributed by atoms with Crippen molar-refractivity contribution < 1.29 is 9.84 Å². The van der Waals surface area contributed by atoms with Crippen LogP contribution in [0.5, 0.6) is 5.75 Å². The number of rotatable bonds is 6. The summed E-state index contributed by atoms with van der Waals surface area (Å²) in [7, 11) is 0. The van der Waals surface area contributed by atoms with Gasteiger partial charge in [-0.3, -0.25) is 0 Å². The monoisotopic (exact) mass is 327 g/mol. The molecule has 2 atom stereocenters. The number of ether oxygens (including phenoxy) is 1. The van der Waals surface area contributed by atoms with E-state index >= 15 is 0 Å². The van der Waals surface area contributed by atoms with Crippen molar-refractivity contribution in [2.24, 2.45) is 5.41 Å². The van der Waals surface area contributed by atoms with E-state index in [4.69, 9.17) is 27.9 Å². The fraction of sp³-hybridized carbons (Fsp3) is 0.375. The lowest BCUT2D eigenvalue weighted by Gasteiger charge is -2.34. The van der Waals surface area contributed by atoms with Gasteiger partial charge in [-0.1, -0.05) is 25.4 Å². The molecule has 0 aliphatic rings. The fourth-order valence-electron chi connectivity index (χ4n) is 1.97. The third kappa shape index (κ3) is 3.94. The van der Waals surface area contributed by atoms with Crippen LogP contribution in [0.4, 0.5) is 0 Å². The first-order chi connectivity index (χ1) is 9.94. The number of aromatic amines is 1. The van der Waals surface area contributed by atoms with E-state index in [1.54, 1.807) is 30.5 Å². The Labute approximate surface area is 134 Å². The van der Waals surface area contributed by atoms with Gasteiger partial charge in [-0.15, -0.1) is 11.6 Å². The normalized spacial score (nSPS) is 14.7. The molecule has 21 heavy (non-hydrogen) atoms. The van der Waals surface area contributed by atoms with Crippen LogP contribution in [-0.4, -0.2) is 22.1 Å². The molecule has 0 fully saturated rings. The van der Waals surface area contributed by atoms with E-state index in [1.165, 1.54) is 0 Å². The zero-order valence-electron chi connectivity index (χ0n) is 12.0. The minimum absolute atomic E-state index is 0.329. The third-order valence-electron chi connectivity index (χ3n) is 3.44. The lowest BCUT2D eigenvalue weighted by atomic mass is 9.84. The van der Waals surface area contributed by atoms with E-state index in [-0.39, 0.29) is 0 Å². The second kappa shape index (κ2) is 6.73. The molecule has 2 N–H and O–H groups in total. The van der Waals surface area contributed by atoms with Gasteiger partial charge in [0.15, 0.2) is 6.10 Å². The predicted molar refractivity (Wildman–Crippen MR) is 86.1 cm³/mol. The molecule has 0 bridgehead atoms. The molecule has 2 unspecified atom stereocenters. The number of aliphatic hydroxyl groups excluding tert-OH is 1. The van der Waals surface area contributed by atoms with Crippen LogP contribution in [-0.2, 0) is 0 Å². The number of hydrogen-bond acceptors (Lipinski definition) is 2. The molecule has 0 aliphatic carbocycles. The van der Waals surface area contributed by atoms with Crippen molar-refractivity contribution in [2.45, 2.75) is 26.1 Å². The number of alkyl halides is 1. The Balaban J connectivity index is 2.27. The molecule has 0 saturated heterocycles. The van der Waals surface area contributed by atoms with Gasteiger partial charge in [-0.25, -0.2) is 0 Å². The van der Waals surface area contributed by atoms with Crippen molar-refractivity contribution >= 4 is 23.2 Å². The molecule has 1 heterocycles. The fourth-order valence-corrected chi connectivity index (χ4v) is 2.25. The highest BCUT2D eigenvalue weighted by Crippen LogP contribution is 2.34. The van der Waals surface area contributed by atoms with Crippen molar-refractivity contribution in [2.75, 3.05) is 5.88 Å². The number of hydrogen-bond donors (Lipinski definition) is 2. The van der Waals surface area contributed by atoms with Crippen LogP contribution in [0.15, 0.2) is 42.6 Å². The largest absolute Gasteiger partial charge is 0.481 e. The molecule has 3 nitrogen and oxygen atoms in total. The number of nitrogens with one attached hydrogen (secondary N) is 1.